The number of halogens is 1. The largest absolute Gasteiger partial charge is 0.493 e. The number of unbranched alkanes of at least 4 members (excludes halogenated alkanes) is 1. The quantitative estimate of drug-likeness (QED) is 0.545. The number of rotatable bonds is 7. The fourth-order valence-corrected chi connectivity index (χ4v) is 3.71. The second-order valence-electron chi connectivity index (χ2n) is 9.46. The third-order valence-electron chi connectivity index (χ3n) is 5.48. The van der Waals surface area contributed by atoms with Crippen LogP contribution in [0, 0.1) is 17.1 Å². The molecule has 1 aliphatic rings. The molecular weight excluding hydrogens is 435 g/mol. The predicted molar refractivity (Wildman–Crippen MR) is 129 cm³/mol. The van der Waals surface area contributed by atoms with Crippen molar-refractivity contribution in [1.29, 1.82) is 5.26 Å². The number of carbonyl (C=O) groups excluding carboxylic acids is 1. The number of benzene rings is 1. The van der Waals surface area contributed by atoms with E-state index < -0.39 is 17.5 Å². The lowest BCUT2D eigenvalue weighted by molar-refractivity contribution is 0.0497. The van der Waals surface area contributed by atoms with E-state index in [0.29, 0.717) is 36.7 Å². The van der Waals surface area contributed by atoms with Gasteiger partial charge in [-0.2, -0.15) is 5.26 Å². The molecule has 1 aromatic heterocycles. The van der Waals surface area contributed by atoms with Crippen LogP contribution >= 0.6 is 0 Å². The molecule has 1 saturated heterocycles. The SMILES string of the molecule is CCCCOc1cc(-c2ccc(C#N)c(F)c2)nc(N2CCC(NC(=O)OC(C)(C)C)CC2)c1. The van der Waals surface area contributed by atoms with Crippen LogP contribution in [0.2, 0.25) is 0 Å². The van der Waals surface area contributed by atoms with E-state index in [4.69, 9.17) is 19.7 Å². The number of piperidine rings is 1. The Balaban J connectivity index is 1.76. The average molecular weight is 469 g/mol. The highest BCUT2D eigenvalue weighted by Gasteiger charge is 2.25. The lowest BCUT2D eigenvalue weighted by atomic mass is 10.0. The molecule has 7 nitrogen and oxygen atoms in total. The summed E-state index contributed by atoms with van der Waals surface area (Å²) in [4.78, 5) is 19.0. The summed E-state index contributed by atoms with van der Waals surface area (Å²) in [7, 11) is 0. The zero-order valence-corrected chi connectivity index (χ0v) is 20.4. The normalized spacial score (nSPS) is 14.4. The number of anilines is 1. The summed E-state index contributed by atoms with van der Waals surface area (Å²) in [6.45, 7) is 9.61. The second kappa shape index (κ2) is 11.2. The van der Waals surface area contributed by atoms with Gasteiger partial charge >= 0.3 is 6.09 Å². The van der Waals surface area contributed by atoms with Crippen molar-refractivity contribution in [2.75, 3.05) is 24.6 Å². The molecule has 3 rings (SSSR count). The first kappa shape index (κ1) is 25.3. The first-order valence-electron chi connectivity index (χ1n) is 11.8. The molecule has 0 bridgehead atoms. The van der Waals surface area contributed by atoms with Gasteiger partial charge in [0.1, 0.15) is 29.1 Å². The number of nitriles is 1. The van der Waals surface area contributed by atoms with Crippen LogP contribution in [-0.2, 0) is 4.74 Å². The van der Waals surface area contributed by atoms with Crippen molar-refractivity contribution < 1.29 is 18.7 Å². The molecule has 1 aromatic carbocycles. The molecule has 1 aliphatic heterocycles. The van der Waals surface area contributed by atoms with E-state index in [1.807, 2.05) is 32.9 Å². The van der Waals surface area contributed by atoms with Gasteiger partial charge in [0.15, 0.2) is 0 Å². The molecule has 0 unspecified atom stereocenters. The first-order valence-corrected chi connectivity index (χ1v) is 11.8. The molecule has 0 saturated carbocycles. The van der Waals surface area contributed by atoms with E-state index in [1.165, 1.54) is 12.1 Å². The third-order valence-corrected chi connectivity index (χ3v) is 5.48. The van der Waals surface area contributed by atoms with Crippen LogP contribution in [0.5, 0.6) is 5.75 Å². The fraction of sp³-hybridized carbons (Fsp3) is 0.500. The highest BCUT2D eigenvalue weighted by Crippen LogP contribution is 2.30. The molecule has 2 aromatic rings. The number of aromatic nitrogens is 1. The van der Waals surface area contributed by atoms with Crippen molar-refractivity contribution in [1.82, 2.24) is 10.3 Å². The van der Waals surface area contributed by atoms with Crippen LogP contribution in [0.1, 0.15) is 58.9 Å². The van der Waals surface area contributed by atoms with Gasteiger partial charge in [-0.15, -0.1) is 0 Å². The molecule has 1 fully saturated rings. The molecule has 1 N–H and O–H groups in total. The molecule has 2 heterocycles. The summed E-state index contributed by atoms with van der Waals surface area (Å²) in [5, 5.41) is 12.0. The van der Waals surface area contributed by atoms with Crippen LogP contribution in [0.15, 0.2) is 30.3 Å². The molecule has 0 spiro atoms. The van der Waals surface area contributed by atoms with Gasteiger partial charge in [-0.3, -0.25) is 0 Å². The Labute approximate surface area is 200 Å². The third kappa shape index (κ3) is 7.08. The average Bonchev–Trinajstić information content (AvgIpc) is 2.78. The first-order chi connectivity index (χ1) is 16.2. The van der Waals surface area contributed by atoms with Crippen LogP contribution < -0.4 is 15.0 Å². The highest BCUT2D eigenvalue weighted by molar-refractivity contribution is 5.68. The molecule has 34 heavy (non-hydrogen) atoms. The maximum atomic E-state index is 14.3. The van der Waals surface area contributed by atoms with Gasteiger partial charge in [-0.1, -0.05) is 19.4 Å². The van der Waals surface area contributed by atoms with Crippen molar-refractivity contribution in [3.05, 3.63) is 41.7 Å². The van der Waals surface area contributed by atoms with E-state index in [-0.39, 0.29) is 11.6 Å². The summed E-state index contributed by atoms with van der Waals surface area (Å²) in [5.74, 6) is 0.839. The Hall–Kier alpha value is -3.34. The van der Waals surface area contributed by atoms with Crippen LogP contribution in [0.25, 0.3) is 11.3 Å². The molecule has 8 heteroatoms. The fourth-order valence-electron chi connectivity index (χ4n) is 3.71. The predicted octanol–water partition coefficient (Wildman–Crippen LogP) is 5.43. The van der Waals surface area contributed by atoms with Gasteiger partial charge in [0, 0.05) is 36.8 Å². The van der Waals surface area contributed by atoms with Crippen LogP contribution in [0.3, 0.4) is 0 Å². The van der Waals surface area contributed by atoms with Gasteiger partial charge in [-0.25, -0.2) is 14.2 Å². The number of amides is 1. The number of pyridine rings is 1. The van der Waals surface area contributed by atoms with Crippen LogP contribution in [-0.4, -0.2) is 42.4 Å². The monoisotopic (exact) mass is 468 g/mol. The topological polar surface area (TPSA) is 87.5 Å². The number of nitrogens with one attached hydrogen (secondary N) is 1. The number of hydrogen-bond donors (Lipinski definition) is 1. The summed E-state index contributed by atoms with van der Waals surface area (Å²) < 4.78 is 25.6. The smallest absolute Gasteiger partial charge is 0.407 e. The second-order valence-corrected chi connectivity index (χ2v) is 9.46. The summed E-state index contributed by atoms with van der Waals surface area (Å²) in [6.07, 6.45) is 3.05. The minimum atomic E-state index is -0.574. The van der Waals surface area contributed by atoms with Gasteiger partial charge < -0.3 is 19.7 Å². The summed E-state index contributed by atoms with van der Waals surface area (Å²) in [5.41, 5.74) is 0.634. The molecule has 182 valence electrons. The molecule has 0 radical (unpaired) electrons. The Morgan fingerprint density at radius 3 is 2.62 bits per heavy atom. The van der Waals surface area contributed by atoms with E-state index in [0.717, 1.165) is 31.5 Å². The summed E-state index contributed by atoms with van der Waals surface area (Å²) in [6, 6.07) is 10.1. The maximum absolute atomic E-state index is 14.3. The van der Waals surface area contributed by atoms with E-state index in [2.05, 4.69) is 17.1 Å². The van der Waals surface area contributed by atoms with Gasteiger partial charge in [-0.05, 0) is 52.2 Å². The molecule has 0 aliphatic carbocycles. The lowest BCUT2D eigenvalue weighted by Gasteiger charge is -2.34. The molecular formula is C26H33FN4O3. The maximum Gasteiger partial charge on any atom is 0.407 e. The minimum Gasteiger partial charge on any atom is -0.493 e. The van der Waals surface area contributed by atoms with Crippen molar-refractivity contribution in [2.45, 2.75) is 65.0 Å². The minimum absolute atomic E-state index is 0.00103. The number of carbonyl (C=O) groups is 1. The van der Waals surface area contributed by atoms with Crippen molar-refractivity contribution in [2.24, 2.45) is 0 Å². The highest BCUT2D eigenvalue weighted by atomic mass is 19.1. The van der Waals surface area contributed by atoms with Crippen LogP contribution in [0.4, 0.5) is 15.0 Å². The lowest BCUT2D eigenvalue weighted by Crippen LogP contribution is -2.46. The van der Waals surface area contributed by atoms with E-state index >= 15 is 0 Å². The summed E-state index contributed by atoms with van der Waals surface area (Å²) >= 11 is 0. The van der Waals surface area contributed by atoms with Gasteiger partial charge in [0.05, 0.1) is 17.9 Å². The Morgan fingerprint density at radius 1 is 1.26 bits per heavy atom. The number of nitrogens with zero attached hydrogens (tertiary/aromatic N) is 3. The van der Waals surface area contributed by atoms with Crippen molar-refractivity contribution in [3.63, 3.8) is 0 Å². The standard InChI is InChI=1S/C26H33FN4O3/c1-5-6-13-33-21-15-23(18-7-8-19(17-28)22(27)14-18)30-24(16-21)31-11-9-20(10-12-31)29-25(32)34-26(2,3)4/h7-8,14-16,20H,5-6,9-13H2,1-4H3,(H,29,32). The van der Waals surface area contributed by atoms with Crippen molar-refractivity contribution >= 4 is 11.9 Å². The zero-order valence-electron chi connectivity index (χ0n) is 20.4. The zero-order chi connectivity index (χ0) is 24.7. The van der Waals surface area contributed by atoms with Gasteiger partial charge in [0.2, 0.25) is 0 Å². The number of ether oxygens (including phenoxy) is 2. The Morgan fingerprint density at radius 2 is 2.00 bits per heavy atom. The Kier molecular flexibility index (Phi) is 8.32. The number of alkyl carbamates (subject to hydrolysis) is 1. The van der Waals surface area contributed by atoms with E-state index in [9.17, 15) is 9.18 Å². The molecule has 1 amide bonds. The van der Waals surface area contributed by atoms with Crippen molar-refractivity contribution in [3.8, 4) is 23.1 Å². The van der Waals surface area contributed by atoms with Gasteiger partial charge in [0.25, 0.3) is 0 Å². The Bertz CT molecular complexity index is 1040. The molecule has 0 atom stereocenters. The van der Waals surface area contributed by atoms with E-state index in [1.54, 1.807) is 12.1 Å². The number of hydrogen-bond acceptors (Lipinski definition) is 6.